The van der Waals surface area contributed by atoms with E-state index in [1.807, 2.05) is 21.6 Å². The van der Waals surface area contributed by atoms with Gasteiger partial charge in [0.05, 0.1) is 0 Å². The molecular weight excluding hydrogens is 180 g/mol. The van der Waals surface area contributed by atoms with Crippen molar-refractivity contribution < 1.29 is 0 Å². The second-order valence-corrected chi connectivity index (χ2v) is 5.44. The molecule has 0 spiro atoms. The summed E-state index contributed by atoms with van der Waals surface area (Å²) in [6.45, 7) is 4.42. The van der Waals surface area contributed by atoms with E-state index < -0.39 is 0 Å². The van der Waals surface area contributed by atoms with Crippen LogP contribution in [0.5, 0.6) is 0 Å². The van der Waals surface area contributed by atoms with Crippen molar-refractivity contribution in [3.05, 3.63) is 12.2 Å². The summed E-state index contributed by atoms with van der Waals surface area (Å²) in [4.78, 5) is 0. The fourth-order valence-corrected chi connectivity index (χ4v) is 2.36. The molecule has 0 aliphatic heterocycles. The molecule has 0 aliphatic rings. The third kappa shape index (κ3) is 8.79. The molecule has 0 unspecified atom stereocenters. The van der Waals surface area contributed by atoms with E-state index in [0.29, 0.717) is 0 Å². The Labute approximate surface area is 77.0 Å². The van der Waals surface area contributed by atoms with Gasteiger partial charge in [0.15, 0.2) is 0 Å². The van der Waals surface area contributed by atoms with E-state index in [2.05, 4.69) is 38.6 Å². The van der Waals surface area contributed by atoms with Crippen molar-refractivity contribution in [1.29, 1.82) is 0 Å². The van der Waals surface area contributed by atoms with E-state index in [1.54, 1.807) is 0 Å². The molecule has 60 valence electrons. The first-order valence-electron chi connectivity index (χ1n) is 3.31. The van der Waals surface area contributed by atoms with Crippen LogP contribution in [0.3, 0.4) is 0 Å². The Bertz CT molecular complexity index is 88.9. The monoisotopic (exact) mass is 194 g/mol. The maximum Gasteiger partial charge on any atom is 0.0218 e. The van der Waals surface area contributed by atoms with Crippen LogP contribution in [0.1, 0.15) is 13.8 Å². The van der Waals surface area contributed by atoms with Gasteiger partial charge in [-0.2, -0.15) is 12.6 Å². The molecule has 0 saturated carbocycles. The summed E-state index contributed by atoms with van der Waals surface area (Å²) in [6, 6.07) is 0. The van der Waals surface area contributed by atoms with Crippen molar-refractivity contribution in [3.8, 4) is 0 Å². The van der Waals surface area contributed by atoms with Crippen molar-refractivity contribution in [2.45, 2.75) is 19.1 Å². The molecule has 0 aromatic carbocycles. The van der Waals surface area contributed by atoms with Gasteiger partial charge in [0.25, 0.3) is 0 Å². The highest BCUT2D eigenvalue weighted by atomic mass is 33.1. The summed E-state index contributed by atoms with van der Waals surface area (Å²) < 4.78 is 0. The molecule has 0 fully saturated rings. The number of rotatable bonds is 5. The fourth-order valence-electron chi connectivity index (χ4n) is 0.357. The number of hydrogen-bond donors (Lipinski definition) is 1. The third-order valence-electron chi connectivity index (χ3n) is 0.697. The molecule has 3 heteroatoms. The van der Waals surface area contributed by atoms with E-state index in [0.717, 1.165) is 16.8 Å². The van der Waals surface area contributed by atoms with E-state index in [1.165, 1.54) is 0 Å². The van der Waals surface area contributed by atoms with Gasteiger partial charge < -0.3 is 0 Å². The molecule has 10 heavy (non-hydrogen) atoms. The van der Waals surface area contributed by atoms with Crippen molar-refractivity contribution in [3.63, 3.8) is 0 Å². The van der Waals surface area contributed by atoms with E-state index in [9.17, 15) is 0 Å². The second kappa shape index (κ2) is 7.89. The Morgan fingerprint density at radius 2 is 2.10 bits per heavy atom. The van der Waals surface area contributed by atoms with Crippen LogP contribution in [0.25, 0.3) is 0 Å². The highest BCUT2D eigenvalue weighted by molar-refractivity contribution is 8.77. The lowest BCUT2D eigenvalue weighted by molar-refractivity contribution is 1.12. The predicted octanol–water partition coefficient (Wildman–Crippen LogP) is 3.26. The molecule has 0 nitrogen and oxygen atoms in total. The van der Waals surface area contributed by atoms with Gasteiger partial charge in [-0.05, 0) is 0 Å². The molecule has 0 aromatic rings. The Kier molecular flexibility index (Phi) is 8.52. The standard InChI is InChI=1S/C7H14S3/c1-7(2)10-9-6-4-3-5-8/h3-4,7-8H,5-6H2,1-2H3/b4-3-. The van der Waals surface area contributed by atoms with Gasteiger partial charge >= 0.3 is 0 Å². The van der Waals surface area contributed by atoms with Gasteiger partial charge in [0, 0.05) is 16.8 Å². The van der Waals surface area contributed by atoms with E-state index >= 15 is 0 Å². The zero-order chi connectivity index (χ0) is 7.82. The van der Waals surface area contributed by atoms with Crippen LogP contribution in [0.4, 0.5) is 0 Å². The molecule has 0 aromatic heterocycles. The number of thiol groups is 1. The van der Waals surface area contributed by atoms with Crippen molar-refractivity contribution in [2.24, 2.45) is 0 Å². The van der Waals surface area contributed by atoms with Crippen molar-refractivity contribution >= 4 is 34.2 Å². The van der Waals surface area contributed by atoms with Crippen molar-refractivity contribution in [1.82, 2.24) is 0 Å². The zero-order valence-corrected chi connectivity index (χ0v) is 8.94. The molecule has 0 aliphatic carbocycles. The lowest BCUT2D eigenvalue weighted by atomic mass is 10.6. The molecule has 0 N–H and O–H groups in total. The summed E-state index contributed by atoms with van der Waals surface area (Å²) in [6.07, 6.45) is 4.24. The predicted molar refractivity (Wildman–Crippen MR) is 58.2 cm³/mol. The van der Waals surface area contributed by atoms with Crippen LogP contribution in [0, 0.1) is 0 Å². The van der Waals surface area contributed by atoms with Crippen LogP contribution < -0.4 is 0 Å². The van der Waals surface area contributed by atoms with E-state index in [4.69, 9.17) is 0 Å². The molecule has 0 saturated heterocycles. The maximum absolute atomic E-state index is 4.06. The molecule has 0 bridgehead atoms. The molecular formula is C7H14S3. The topological polar surface area (TPSA) is 0 Å². The van der Waals surface area contributed by atoms with Gasteiger partial charge in [0.2, 0.25) is 0 Å². The minimum absolute atomic E-state index is 0.731. The van der Waals surface area contributed by atoms with Gasteiger partial charge in [-0.25, -0.2) is 0 Å². The number of hydrogen-bond acceptors (Lipinski definition) is 3. The summed E-state index contributed by atoms with van der Waals surface area (Å²) in [5.41, 5.74) is 0. The molecule has 0 rings (SSSR count). The Morgan fingerprint density at radius 3 is 2.60 bits per heavy atom. The molecule has 0 atom stereocenters. The molecule has 0 radical (unpaired) electrons. The first-order chi connectivity index (χ1) is 4.77. The van der Waals surface area contributed by atoms with Crippen LogP contribution in [0.15, 0.2) is 12.2 Å². The normalized spacial score (nSPS) is 11.6. The maximum atomic E-state index is 4.06. The molecule has 0 amide bonds. The average Bonchev–Trinajstić information content (AvgIpc) is 1.87. The molecule has 0 heterocycles. The Morgan fingerprint density at radius 1 is 1.40 bits per heavy atom. The Hall–Kier alpha value is 0.790. The summed E-state index contributed by atoms with van der Waals surface area (Å²) in [5.74, 6) is 1.95. The van der Waals surface area contributed by atoms with Crippen LogP contribution in [0.2, 0.25) is 0 Å². The van der Waals surface area contributed by atoms with Crippen LogP contribution in [-0.4, -0.2) is 16.8 Å². The van der Waals surface area contributed by atoms with Crippen LogP contribution >= 0.6 is 34.2 Å². The van der Waals surface area contributed by atoms with Gasteiger partial charge in [-0.15, -0.1) is 0 Å². The SMILES string of the molecule is CC(C)SSC/C=C\CS. The minimum atomic E-state index is 0.731. The lowest BCUT2D eigenvalue weighted by Crippen LogP contribution is -1.81. The van der Waals surface area contributed by atoms with E-state index in [-0.39, 0.29) is 0 Å². The zero-order valence-electron chi connectivity index (χ0n) is 6.41. The highest BCUT2D eigenvalue weighted by Gasteiger charge is 1.91. The minimum Gasteiger partial charge on any atom is -0.175 e. The summed E-state index contributed by atoms with van der Waals surface area (Å²) in [7, 11) is 3.82. The highest BCUT2D eigenvalue weighted by Crippen LogP contribution is 2.25. The largest absolute Gasteiger partial charge is 0.175 e. The summed E-state index contributed by atoms with van der Waals surface area (Å²) >= 11 is 4.06. The van der Waals surface area contributed by atoms with Gasteiger partial charge in [0.1, 0.15) is 0 Å². The smallest absolute Gasteiger partial charge is 0.0218 e. The van der Waals surface area contributed by atoms with Gasteiger partial charge in [-0.1, -0.05) is 47.6 Å². The third-order valence-corrected chi connectivity index (χ3v) is 3.73. The first-order valence-corrected chi connectivity index (χ1v) is 6.33. The second-order valence-electron chi connectivity index (χ2n) is 2.08. The Balaban J connectivity index is 2.97. The fraction of sp³-hybridized carbons (Fsp3) is 0.714. The van der Waals surface area contributed by atoms with Crippen LogP contribution in [-0.2, 0) is 0 Å². The van der Waals surface area contributed by atoms with Gasteiger partial charge in [-0.3, -0.25) is 0 Å². The first kappa shape index (κ1) is 10.8. The average molecular weight is 194 g/mol. The summed E-state index contributed by atoms with van der Waals surface area (Å²) in [5, 5.41) is 0.731. The van der Waals surface area contributed by atoms with Crippen molar-refractivity contribution in [2.75, 3.05) is 11.5 Å². The quantitative estimate of drug-likeness (QED) is 0.309. The lowest BCUT2D eigenvalue weighted by Gasteiger charge is -1.99.